The molecular formula is C33H35N9O5. The van der Waals surface area contributed by atoms with Crippen LogP contribution in [0.2, 0.25) is 0 Å². The number of aromatic nitrogens is 6. The van der Waals surface area contributed by atoms with Gasteiger partial charge in [-0.05, 0) is 30.2 Å². The van der Waals surface area contributed by atoms with Crippen LogP contribution in [-0.4, -0.2) is 85.1 Å². The van der Waals surface area contributed by atoms with Crippen molar-refractivity contribution >= 4 is 23.5 Å². The summed E-state index contributed by atoms with van der Waals surface area (Å²) < 4.78 is 14.9. The molecule has 1 aliphatic rings. The minimum absolute atomic E-state index is 0.0412. The fraction of sp³-hybridized carbons (Fsp3) is 0.303. The van der Waals surface area contributed by atoms with Gasteiger partial charge in [0, 0.05) is 42.8 Å². The van der Waals surface area contributed by atoms with E-state index < -0.39 is 17.9 Å². The Morgan fingerprint density at radius 2 is 1.87 bits per heavy atom. The average Bonchev–Trinajstić information content (AvgIpc) is 3.71. The van der Waals surface area contributed by atoms with Gasteiger partial charge in [0.05, 0.1) is 26.2 Å². The molecule has 5 aromatic rings. The number of methoxy groups -OCH3 is 1. The standard InChI is InChI=1S/C33H35N9O5/c1-21(2)28-30-38-29(22-8-5-4-6-9-22)39-42(30)16-17-47-26-18-23(10-11-25(26)46-3)31(44)34-13-15-40(20-27(43)37-28)32(45)24-19-41-14-7-12-35-33(41)36-24/h4-12,14,18-19,21,28H,13,15-17,20H2,1-3H3,(H,34,44)(H,37,43)/t28-/m1/s1. The molecule has 242 valence electrons. The number of imidazole rings is 1. The second-order valence-corrected chi connectivity index (χ2v) is 11.3. The van der Waals surface area contributed by atoms with Gasteiger partial charge in [0.2, 0.25) is 11.7 Å². The van der Waals surface area contributed by atoms with Gasteiger partial charge in [0.1, 0.15) is 12.3 Å². The van der Waals surface area contributed by atoms with Crippen LogP contribution in [0.4, 0.5) is 0 Å². The third-order valence-corrected chi connectivity index (χ3v) is 7.72. The lowest BCUT2D eigenvalue weighted by molar-refractivity contribution is -0.123. The molecule has 47 heavy (non-hydrogen) atoms. The van der Waals surface area contributed by atoms with Gasteiger partial charge in [0.15, 0.2) is 23.1 Å². The van der Waals surface area contributed by atoms with Crippen LogP contribution in [0, 0.1) is 5.92 Å². The van der Waals surface area contributed by atoms with Gasteiger partial charge >= 0.3 is 0 Å². The molecule has 6 rings (SSSR count). The summed E-state index contributed by atoms with van der Waals surface area (Å²) in [7, 11) is 1.53. The number of hydrogen-bond acceptors (Lipinski definition) is 9. The fourth-order valence-electron chi connectivity index (χ4n) is 5.31. The van der Waals surface area contributed by atoms with Crippen LogP contribution in [0.25, 0.3) is 17.2 Å². The minimum Gasteiger partial charge on any atom is -0.493 e. The number of fused-ring (bicyclic) bond motifs is 4. The summed E-state index contributed by atoms with van der Waals surface area (Å²) in [6.07, 6.45) is 4.88. The maximum atomic E-state index is 13.7. The first-order valence-electron chi connectivity index (χ1n) is 15.3. The first-order chi connectivity index (χ1) is 22.8. The van der Waals surface area contributed by atoms with E-state index in [4.69, 9.17) is 19.6 Å². The second kappa shape index (κ2) is 13.7. The van der Waals surface area contributed by atoms with Crippen molar-refractivity contribution in [1.29, 1.82) is 0 Å². The molecule has 1 atom stereocenters. The van der Waals surface area contributed by atoms with Gasteiger partial charge in [0.25, 0.3) is 11.8 Å². The Kier molecular flexibility index (Phi) is 9.09. The van der Waals surface area contributed by atoms with Crippen molar-refractivity contribution in [2.24, 2.45) is 5.92 Å². The summed E-state index contributed by atoms with van der Waals surface area (Å²) in [6, 6.07) is 15.7. The van der Waals surface area contributed by atoms with Crippen LogP contribution in [-0.2, 0) is 11.3 Å². The maximum absolute atomic E-state index is 13.7. The fourth-order valence-corrected chi connectivity index (χ4v) is 5.31. The minimum atomic E-state index is -0.544. The lowest BCUT2D eigenvalue weighted by Crippen LogP contribution is -2.46. The lowest BCUT2D eigenvalue weighted by atomic mass is 10.0. The van der Waals surface area contributed by atoms with Crippen LogP contribution in [0.3, 0.4) is 0 Å². The molecule has 2 bridgehead atoms. The first kappa shape index (κ1) is 31.2. The predicted octanol–water partition coefficient (Wildman–Crippen LogP) is 2.77. The summed E-state index contributed by atoms with van der Waals surface area (Å²) in [4.78, 5) is 55.3. The molecule has 0 radical (unpaired) electrons. The quantitative estimate of drug-likeness (QED) is 0.302. The molecule has 2 N–H and O–H groups in total. The smallest absolute Gasteiger partial charge is 0.274 e. The van der Waals surface area contributed by atoms with E-state index in [1.807, 2.05) is 44.2 Å². The number of ether oxygens (including phenoxy) is 2. The van der Waals surface area contributed by atoms with E-state index in [0.717, 1.165) is 5.56 Å². The highest BCUT2D eigenvalue weighted by atomic mass is 16.5. The number of nitrogens with one attached hydrogen (secondary N) is 2. The normalized spacial score (nSPS) is 16.2. The van der Waals surface area contributed by atoms with Crippen molar-refractivity contribution in [1.82, 2.24) is 44.7 Å². The molecule has 0 saturated carbocycles. The molecule has 14 heteroatoms. The van der Waals surface area contributed by atoms with Crippen LogP contribution >= 0.6 is 0 Å². The second-order valence-electron chi connectivity index (χ2n) is 11.3. The monoisotopic (exact) mass is 637 g/mol. The molecule has 0 spiro atoms. The number of nitrogens with zero attached hydrogens (tertiary/aromatic N) is 7. The van der Waals surface area contributed by atoms with Gasteiger partial charge in [-0.1, -0.05) is 44.2 Å². The molecule has 1 aliphatic heterocycles. The van der Waals surface area contributed by atoms with Crippen molar-refractivity contribution in [3.63, 3.8) is 0 Å². The molecule has 4 heterocycles. The maximum Gasteiger partial charge on any atom is 0.274 e. The number of hydrogen-bond donors (Lipinski definition) is 2. The molecule has 2 aromatic carbocycles. The molecule has 14 nitrogen and oxygen atoms in total. The highest BCUT2D eigenvalue weighted by molar-refractivity contribution is 5.96. The Morgan fingerprint density at radius 3 is 2.64 bits per heavy atom. The molecule has 0 fully saturated rings. The van der Waals surface area contributed by atoms with Gasteiger partial charge < -0.3 is 25.0 Å². The molecule has 0 unspecified atom stereocenters. The summed E-state index contributed by atoms with van der Waals surface area (Å²) >= 11 is 0. The van der Waals surface area contributed by atoms with E-state index in [1.54, 1.807) is 51.9 Å². The van der Waals surface area contributed by atoms with Crippen molar-refractivity contribution in [2.45, 2.75) is 26.4 Å². The highest BCUT2D eigenvalue weighted by Gasteiger charge is 2.28. The number of amides is 3. The number of carbonyl (C=O) groups excluding carboxylic acids is 3. The van der Waals surface area contributed by atoms with E-state index in [9.17, 15) is 14.4 Å². The molecular weight excluding hydrogens is 602 g/mol. The first-order valence-corrected chi connectivity index (χ1v) is 15.3. The largest absolute Gasteiger partial charge is 0.493 e. The molecule has 3 aromatic heterocycles. The van der Waals surface area contributed by atoms with E-state index in [1.165, 1.54) is 12.0 Å². The number of carbonyl (C=O) groups is 3. The van der Waals surface area contributed by atoms with Gasteiger partial charge in [-0.25, -0.2) is 19.6 Å². The van der Waals surface area contributed by atoms with Gasteiger partial charge in [-0.3, -0.25) is 18.8 Å². The zero-order valence-electron chi connectivity index (χ0n) is 26.3. The highest BCUT2D eigenvalue weighted by Crippen LogP contribution is 2.29. The Labute approximate surface area is 270 Å². The summed E-state index contributed by atoms with van der Waals surface area (Å²) in [5.74, 6) is 0.913. The van der Waals surface area contributed by atoms with Crippen LogP contribution in [0.1, 0.15) is 46.6 Å². The Hall–Kier alpha value is -5.79. The van der Waals surface area contributed by atoms with Crippen LogP contribution in [0.5, 0.6) is 11.5 Å². The summed E-state index contributed by atoms with van der Waals surface area (Å²) in [6.45, 7) is 4.26. The zero-order chi connectivity index (χ0) is 32.9. The molecule has 3 amide bonds. The third-order valence-electron chi connectivity index (χ3n) is 7.72. The van der Waals surface area contributed by atoms with Crippen LogP contribution < -0.4 is 20.1 Å². The van der Waals surface area contributed by atoms with E-state index in [0.29, 0.717) is 41.0 Å². The van der Waals surface area contributed by atoms with Crippen molar-refractivity contribution in [3.8, 4) is 22.9 Å². The Morgan fingerprint density at radius 1 is 1.04 bits per heavy atom. The lowest BCUT2D eigenvalue weighted by Gasteiger charge is -2.25. The van der Waals surface area contributed by atoms with Crippen molar-refractivity contribution < 1.29 is 23.9 Å². The predicted molar refractivity (Wildman–Crippen MR) is 171 cm³/mol. The SMILES string of the molecule is COc1ccc2cc1OCCn1nc(-c3ccccc3)nc1[C@@H](C(C)C)NC(=O)CN(C(=O)c1cn3cccnc3n1)CCNC2=O. The average molecular weight is 638 g/mol. The summed E-state index contributed by atoms with van der Waals surface area (Å²) in [5, 5.41) is 10.7. The van der Waals surface area contributed by atoms with E-state index in [2.05, 4.69) is 20.6 Å². The number of rotatable bonds is 4. The van der Waals surface area contributed by atoms with E-state index >= 15 is 0 Å². The van der Waals surface area contributed by atoms with Crippen molar-refractivity contribution in [3.05, 3.63) is 90.3 Å². The zero-order valence-corrected chi connectivity index (χ0v) is 26.3. The van der Waals surface area contributed by atoms with Crippen LogP contribution in [0.15, 0.2) is 73.2 Å². The Balaban J connectivity index is 1.37. The van der Waals surface area contributed by atoms with Gasteiger partial charge in [-0.2, -0.15) is 5.10 Å². The van der Waals surface area contributed by atoms with Gasteiger partial charge in [-0.15, -0.1) is 0 Å². The third kappa shape index (κ3) is 6.90. The Bertz CT molecular complexity index is 1870. The number of benzene rings is 2. The summed E-state index contributed by atoms with van der Waals surface area (Å²) in [5.41, 5.74) is 1.29. The molecule has 0 aliphatic carbocycles. The molecule has 0 saturated heterocycles. The topological polar surface area (TPSA) is 158 Å². The van der Waals surface area contributed by atoms with E-state index in [-0.39, 0.29) is 43.8 Å². The van der Waals surface area contributed by atoms with Crippen molar-refractivity contribution in [2.75, 3.05) is 33.4 Å².